The Bertz CT molecular complexity index is 497. The van der Waals surface area contributed by atoms with Gasteiger partial charge in [-0.05, 0) is 24.3 Å². The van der Waals surface area contributed by atoms with Crippen LogP contribution >= 0.6 is 12.2 Å². The van der Waals surface area contributed by atoms with Gasteiger partial charge in [0.2, 0.25) is 0 Å². The molecule has 0 fully saturated rings. The molecule has 0 aliphatic carbocycles. The summed E-state index contributed by atoms with van der Waals surface area (Å²) in [5.74, 6) is 0. The summed E-state index contributed by atoms with van der Waals surface area (Å²) in [6.07, 6.45) is 3.47. The van der Waals surface area contributed by atoms with E-state index >= 15 is 0 Å². The number of rotatable bonds is 3. The second kappa shape index (κ2) is 4.72. The fraction of sp³-hybridized carbons (Fsp3) is 0. The maximum atomic E-state index is 5.64. The number of nitrogens with two attached hydrogens (primary N) is 1. The van der Waals surface area contributed by atoms with Crippen LogP contribution in [0.25, 0.3) is 0 Å². The van der Waals surface area contributed by atoms with Gasteiger partial charge in [-0.2, -0.15) is 0 Å². The maximum absolute atomic E-state index is 5.64. The van der Waals surface area contributed by atoms with Crippen LogP contribution in [-0.2, 0) is 0 Å². The predicted octanol–water partition coefficient (Wildman–Crippen LogP) is 2.46. The van der Waals surface area contributed by atoms with Gasteiger partial charge in [-0.3, -0.25) is 4.98 Å². The Hall–Kier alpha value is -1.94. The topological polar surface area (TPSA) is 50.9 Å². The van der Waals surface area contributed by atoms with Crippen molar-refractivity contribution in [2.75, 3.05) is 5.32 Å². The summed E-state index contributed by atoms with van der Waals surface area (Å²) in [5.41, 5.74) is 8.28. The molecule has 3 N–H and O–H groups in total. The van der Waals surface area contributed by atoms with Gasteiger partial charge in [0.05, 0.1) is 11.9 Å². The zero-order chi connectivity index (χ0) is 11.4. The molecule has 0 bridgehead atoms. The summed E-state index contributed by atoms with van der Waals surface area (Å²) in [7, 11) is 0. The first-order valence-electron chi connectivity index (χ1n) is 4.83. The first-order chi connectivity index (χ1) is 7.77. The molecule has 0 spiro atoms. The minimum Gasteiger partial charge on any atom is -0.389 e. The van der Waals surface area contributed by atoms with E-state index in [0.717, 1.165) is 16.9 Å². The summed E-state index contributed by atoms with van der Waals surface area (Å²) in [6.45, 7) is 0. The van der Waals surface area contributed by atoms with Crippen LogP contribution in [0, 0.1) is 0 Å². The van der Waals surface area contributed by atoms with E-state index in [4.69, 9.17) is 18.0 Å². The molecule has 16 heavy (non-hydrogen) atoms. The molecule has 0 saturated heterocycles. The van der Waals surface area contributed by atoms with Crippen molar-refractivity contribution >= 4 is 28.6 Å². The molecule has 80 valence electrons. The lowest BCUT2D eigenvalue weighted by Crippen LogP contribution is -2.11. The lowest BCUT2D eigenvalue weighted by Gasteiger charge is -2.10. The number of thiocarbonyl (C=S) groups is 1. The number of nitrogens with zero attached hydrogens (tertiary/aromatic N) is 1. The van der Waals surface area contributed by atoms with E-state index in [9.17, 15) is 0 Å². The molecule has 0 saturated carbocycles. The third-order valence-electron chi connectivity index (χ3n) is 2.13. The molecule has 1 heterocycles. The molecule has 0 aliphatic heterocycles. The summed E-state index contributed by atoms with van der Waals surface area (Å²) in [4.78, 5) is 4.41. The van der Waals surface area contributed by atoms with Crippen molar-refractivity contribution in [3.05, 3.63) is 54.4 Å². The second-order valence-corrected chi connectivity index (χ2v) is 3.72. The number of para-hydroxylation sites is 1. The zero-order valence-corrected chi connectivity index (χ0v) is 9.37. The van der Waals surface area contributed by atoms with E-state index in [1.807, 2.05) is 36.4 Å². The predicted molar refractivity (Wildman–Crippen MR) is 69.8 cm³/mol. The molecule has 0 aliphatic rings. The van der Waals surface area contributed by atoms with Gasteiger partial charge >= 0.3 is 0 Å². The number of nitrogens with one attached hydrogen (secondary N) is 1. The summed E-state index contributed by atoms with van der Waals surface area (Å²) in [5, 5.41) is 3.22. The van der Waals surface area contributed by atoms with Crippen LogP contribution in [0.5, 0.6) is 0 Å². The van der Waals surface area contributed by atoms with E-state index < -0.39 is 0 Å². The van der Waals surface area contributed by atoms with Gasteiger partial charge in [-0.25, -0.2) is 0 Å². The SMILES string of the molecule is NC(=S)c1ccccc1Nc1cccnc1. The van der Waals surface area contributed by atoms with Crippen LogP contribution in [-0.4, -0.2) is 9.97 Å². The molecule has 1 aromatic heterocycles. The molecule has 1 aromatic carbocycles. The first kappa shape index (κ1) is 10.6. The molecule has 0 unspecified atom stereocenters. The molecule has 4 heteroatoms. The van der Waals surface area contributed by atoms with Crippen molar-refractivity contribution < 1.29 is 0 Å². The van der Waals surface area contributed by atoms with Gasteiger partial charge in [0.15, 0.2) is 0 Å². The molecule has 3 nitrogen and oxygen atoms in total. The van der Waals surface area contributed by atoms with Crippen LogP contribution in [0.2, 0.25) is 0 Å². The van der Waals surface area contributed by atoms with Crippen molar-refractivity contribution in [3.8, 4) is 0 Å². The van der Waals surface area contributed by atoms with Crippen molar-refractivity contribution in [1.82, 2.24) is 4.98 Å². The zero-order valence-electron chi connectivity index (χ0n) is 8.55. The standard InChI is InChI=1S/C12H11N3S/c13-12(16)10-5-1-2-6-11(10)15-9-4-3-7-14-8-9/h1-8,15H,(H2,13,16). The van der Waals surface area contributed by atoms with Crippen molar-refractivity contribution in [2.24, 2.45) is 5.73 Å². The quantitative estimate of drug-likeness (QED) is 0.794. The van der Waals surface area contributed by atoms with Gasteiger partial charge < -0.3 is 11.1 Å². The number of aromatic nitrogens is 1. The molecular weight excluding hydrogens is 218 g/mol. The summed E-state index contributed by atoms with van der Waals surface area (Å²) >= 11 is 4.99. The Morgan fingerprint density at radius 2 is 2.00 bits per heavy atom. The van der Waals surface area contributed by atoms with Crippen molar-refractivity contribution in [3.63, 3.8) is 0 Å². The number of anilines is 2. The monoisotopic (exact) mass is 229 g/mol. The van der Waals surface area contributed by atoms with Crippen molar-refractivity contribution in [2.45, 2.75) is 0 Å². The Morgan fingerprint density at radius 1 is 1.19 bits per heavy atom. The van der Waals surface area contributed by atoms with Gasteiger partial charge in [0.1, 0.15) is 4.99 Å². The highest BCUT2D eigenvalue weighted by Crippen LogP contribution is 2.19. The molecule has 0 radical (unpaired) electrons. The Labute approximate surface area is 99.3 Å². The van der Waals surface area contributed by atoms with Gasteiger partial charge in [-0.15, -0.1) is 0 Å². The minimum absolute atomic E-state index is 0.381. The Kier molecular flexibility index (Phi) is 3.12. The highest BCUT2D eigenvalue weighted by atomic mass is 32.1. The smallest absolute Gasteiger partial charge is 0.106 e. The summed E-state index contributed by atoms with van der Waals surface area (Å²) in [6, 6.07) is 11.5. The largest absolute Gasteiger partial charge is 0.389 e. The van der Waals surface area contributed by atoms with E-state index in [1.165, 1.54) is 0 Å². The minimum atomic E-state index is 0.381. The number of hydrogen-bond donors (Lipinski definition) is 2. The first-order valence-corrected chi connectivity index (χ1v) is 5.24. The van der Waals surface area contributed by atoms with Crippen LogP contribution in [0.3, 0.4) is 0 Å². The number of hydrogen-bond acceptors (Lipinski definition) is 3. The van der Waals surface area contributed by atoms with Crippen LogP contribution in [0.15, 0.2) is 48.8 Å². The molecule has 0 atom stereocenters. The third-order valence-corrected chi connectivity index (χ3v) is 2.35. The Balaban J connectivity index is 2.31. The van der Waals surface area contributed by atoms with Crippen LogP contribution in [0.4, 0.5) is 11.4 Å². The average molecular weight is 229 g/mol. The second-order valence-electron chi connectivity index (χ2n) is 3.28. The normalized spacial score (nSPS) is 9.75. The maximum Gasteiger partial charge on any atom is 0.106 e. The fourth-order valence-corrected chi connectivity index (χ4v) is 1.58. The van der Waals surface area contributed by atoms with Gasteiger partial charge in [0.25, 0.3) is 0 Å². The van der Waals surface area contributed by atoms with E-state index in [-0.39, 0.29) is 0 Å². The molecule has 2 rings (SSSR count). The van der Waals surface area contributed by atoms with Crippen LogP contribution < -0.4 is 11.1 Å². The van der Waals surface area contributed by atoms with E-state index in [0.29, 0.717) is 4.99 Å². The van der Waals surface area contributed by atoms with E-state index in [2.05, 4.69) is 10.3 Å². The highest BCUT2D eigenvalue weighted by Gasteiger charge is 2.03. The fourth-order valence-electron chi connectivity index (χ4n) is 1.40. The van der Waals surface area contributed by atoms with Crippen LogP contribution in [0.1, 0.15) is 5.56 Å². The Morgan fingerprint density at radius 3 is 2.69 bits per heavy atom. The van der Waals surface area contributed by atoms with E-state index in [1.54, 1.807) is 12.4 Å². The molecule has 2 aromatic rings. The number of pyridine rings is 1. The van der Waals surface area contributed by atoms with Gasteiger partial charge in [-0.1, -0.05) is 24.4 Å². The summed E-state index contributed by atoms with van der Waals surface area (Å²) < 4.78 is 0. The third kappa shape index (κ3) is 2.35. The number of benzene rings is 1. The lowest BCUT2D eigenvalue weighted by atomic mass is 10.1. The average Bonchev–Trinajstić information content (AvgIpc) is 2.31. The highest BCUT2D eigenvalue weighted by molar-refractivity contribution is 7.80. The molecule has 0 amide bonds. The van der Waals surface area contributed by atoms with Crippen molar-refractivity contribution in [1.29, 1.82) is 0 Å². The lowest BCUT2D eigenvalue weighted by molar-refractivity contribution is 1.32. The molecular formula is C12H11N3S. The van der Waals surface area contributed by atoms with Gasteiger partial charge in [0, 0.05) is 17.4 Å².